The number of ether oxygens (including phenoxy) is 2. The standard InChI is InChI=1S/C22H32N2O6/c1-4-15(3)18(23-22(28)30-14-16-10-7-6-8-11-16)20(26)24-13-9-12-17(24)19(25)21(27)29-5-2/h6-8,10-11,15,17-19,25H,4-5,9,12-14H2,1-3H3,(H,23,28)/t15-,17-,18-,19+/m0/s1. The minimum Gasteiger partial charge on any atom is -0.464 e. The first-order valence-corrected chi connectivity index (χ1v) is 10.5. The number of carbonyl (C=O) groups is 3. The lowest BCUT2D eigenvalue weighted by atomic mass is 9.97. The second-order valence-electron chi connectivity index (χ2n) is 7.51. The van der Waals surface area contributed by atoms with E-state index in [9.17, 15) is 19.5 Å². The van der Waals surface area contributed by atoms with Gasteiger partial charge in [0.05, 0.1) is 12.6 Å². The topological polar surface area (TPSA) is 105 Å². The maximum absolute atomic E-state index is 13.2. The van der Waals surface area contributed by atoms with Gasteiger partial charge in [0.2, 0.25) is 5.91 Å². The van der Waals surface area contributed by atoms with Crippen molar-refractivity contribution in [2.24, 2.45) is 5.92 Å². The number of aliphatic hydroxyl groups excluding tert-OH is 1. The SMILES string of the molecule is CCOC(=O)[C@H](O)[C@@H]1CCCN1C(=O)[C@@H](NC(=O)OCc1ccccc1)[C@@H](C)CC. The summed E-state index contributed by atoms with van der Waals surface area (Å²) in [5.41, 5.74) is 0.844. The third kappa shape index (κ3) is 6.19. The van der Waals surface area contributed by atoms with Gasteiger partial charge in [-0.1, -0.05) is 50.6 Å². The molecule has 166 valence electrons. The third-order valence-electron chi connectivity index (χ3n) is 5.44. The normalized spacial score (nSPS) is 18.9. The van der Waals surface area contributed by atoms with Crippen molar-refractivity contribution in [2.45, 2.75) is 64.8 Å². The van der Waals surface area contributed by atoms with Crippen LogP contribution in [0.25, 0.3) is 0 Å². The van der Waals surface area contributed by atoms with Crippen molar-refractivity contribution in [1.82, 2.24) is 10.2 Å². The molecule has 0 bridgehead atoms. The zero-order valence-electron chi connectivity index (χ0n) is 17.9. The number of nitrogens with zero attached hydrogens (tertiary/aromatic N) is 1. The van der Waals surface area contributed by atoms with Gasteiger partial charge in [-0.3, -0.25) is 4.79 Å². The number of carbonyl (C=O) groups excluding carboxylic acids is 3. The second-order valence-corrected chi connectivity index (χ2v) is 7.51. The highest BCUT2D eigenvalue weighted by atomic mass is 16.6. The minimum atomic E-state index is -1.40. The number of amides is 2. The van der Waals surface area contributed by atoms with E-state index in [2.05, 4.69) is 5.32 Å². The highest BCUT2D eigenvalue weighted by molar-refractivity contribution is 5.87. The first-order valence-electron chi connectivity index (χ1n) is 10.5. The van der Waals surface area contributed by atoms with Gasteiger partial charge in [0, 0.05) is 6.54 Å². The molecule has 0 spiro atoms. The number of nitrogens with one attached hydrogen (secondary N) is 1. The smallest absolute Gasteiger partial charge is 0.408 e. The van der Waals surface area contributed by atoms with E-state index in [0.29, 0.717) is 25.8 Å². The first-order chi connectivity index (χ1) is 14.4. The lowest BCUT2D eigenvalue weighted by molar-refractivity contribution is -0.158. The molecule has 0 aliphatic carbocycles. The second kappa shape index (κ2) is 11.5. The number of likely N-dealkylation sites (tertiary alicyclic amines) is 1. The summed E-state index contributed by atoms with van der Waals surface area (Å²) < 4.78 is 10.2. The summed E-state index contributed by atoms with van der Waals surface area (Å²) in [6, 6.07) is 7.79. The van der Waals surface area contributed by atoms with Crippen molar-refractivity contribution >= 4 is 18.0 Å². The van der Waals surface area contributed by atoms with E-state index in [1.165, 1.54) is 4.90 Å². The van der Waals surface area contributed by atoms with Crippen LogP contribution in [0.1, 0.15) is 45.6 Å². The molecule has 0 aromatic heterocycles. The Morgan fingerprint density at radius 2 is 1.90 bits per heavy atom. The van der Waals surface area contributed by atoms with E-state index in [0.717, 1.165) is 5.56 Å². The van der Waals surface area contributed by atoms with Crippen LogP contribution in [0.4, 0.5) is 4.79 Å². The molecule has 1 fully saturated rings. The van der Waals surface area contributed by atoms with Crippen LogP contribution in [0, 0.1) is 5.92 Å². The number of esters is 1. The Morgan fingerprint density at radius 3 is 2.53 bits per heavy atom. The number of alkyl carbamates (subject to hydrolysis) is 1. The Labute approximate surface area is 177 Å². The molecule has 2 amide bonds. The van der Waals surface area contributed by atoms with Crippen LogP contribution in [-0.4, -0.2) is 59.3 Å². The maximum Gasteiger partial charge on any atom is 0.408 e. The third-order valence-corrected chi connectivity index (χ3v) is 5.44. The molecule has 30 heavy (non-hydrogen) atoms. The summed E-state index contributed by atoms with van der Waals surface area (Å²) in [5.74, 6) is -1.22. The molecule has 1 aliphatic heterocycles. The summed E-state index contributed by atoms with van der Waals surface area (Å²) in [7, 11) is 0. The van der Waals surface area contributed by atoms with Crippen molar-refractivity contribution in [2.75, 3.05) is 13.2 Å². The molecule has 0 saturated carbocycles. The quantitative estimate of drug-likeness (QED) is 0.594. The zero-order valence-corrected chi connectivity index (χ0v) is 17.9. The number of hydrogen-bond donors (Lipinski definition) is 2. The molecule has 1 saturated heterocycles. The predicted octanol–water partition coefficient (Wildman–Crippen LogP) is 2.24. The fourth-order valence-corrected chi connectivity index (χ4v) is 3.53. The van der Waals surface area contributed by atoms with Crippen molar-refractivity contribution < 1.29 is 29.0 Å². The first kappa shape index (κ1) is 23.7. The molecular formula is C22H32N2O6. The van der Waals surface area contributed by atoms with E-state index in [1.54, 1.807) is 6.92 Å². The number of benzene rings is 1. The molecule has 4 atom stereocenters. The molecule has 2 rings (SSSR count). The van der Waals surface area contributed by atoms with E-state index < -0.39 is 30.3 Å². The van der Waals surface area contributed by atoms with Gasteiger partial charge in [-0.25, -0.2) is 9.59 Å². The van der Waals surface area contributed by atoms with Crippen LogP contribution in [0.3, 0.4) is 0 Å². The van der Waals surface area contributed by atoms with Gasteiger partial charge in [-0.2, -0.15) is 0 Å². The van der Waals surface area contributed by atoms with Crippen LogP contribution in [-0.2, 0) is 25.7 Å². The van der Waals surface area contributed by atoms with Gasteiger partial charge >= 0.3 is 12.1 Å². The molecular weight excluding hydrogens is 388 g/mol. The number of aliphatic hydroxyl groups is 1. The van der Waals surface area contributed by atoms with Gasteiger partial charge in [0.1, 0.15) is 12.6 Å². The Hall–Kier alpha value is -2.61. The molecule has 8 nitrogen and oxygen atoms in total. The predicted molar refractivity (Wildman–Crippen MR) is 110 cm³/mol. The molecule has 8 heteroatoms. The molecule has 2 N–H and O–H groups in total. The van der Waals surface area contributed by atoms with Crippen LogP contribution < -0.4 is 5.32 Å². The van der Waals surface area contributed by atoms with Crippen molar-refractivity contribution in [3.8, 4) is 0 Å². The zero-order chi connectivity index (χ0) is 22.1. The monoisotopic (exact) mass is 420 g/mol. The Kier molecular flexibility index (Phi) is 9.11. The molecule has 0 radical (unpaired) electrons. The van der Waals surface area contributed by atoms with E-state index in [4.69, 9.17) is 9.47 Å². The van der Waals surface area contributed by atoms with E-state index in [1.807, 2.05) is 44.2 Å². The summed E-state index contributed by atoms with van der Waals surface area (Å²) in [6.07, 6.45) is -0.261. The van der Waals surface area contributed by atoms with Crippen molar-refractivity contribution in [3.05, 3.63) is 35.9 Å². The van der Waals surface area contributed by atoms with Gasteiger partial charge < -0.3 is 24.8 Å². The fourth-order valence-electron chi connectivity index (χ4n) is 3.53. The highest BCUT2D eigenvalue weighted by Crippen LogP contribution is 2.24. The number of rotatable bonds is 9. The molecule has 1 aromatic rings. The van der Waals surface area contributed by atoms with E-state index >= 15 is 0 Å². The average molecular weight is 421 g/mol. The van der Waals surface area contributed by atoms with Crippen LogP contribution in [0.5, 0.6) is 0 Å². The van der Waals surface area contributed by atoms with Gasteiger partial charge in [-0.05, 0) is 31.2 Å². The Balaban J connectivity index is 2.04. The summed E-state index contributed by atoms with van der Waals surface area (Å²) in [6.45, 7) is 6.12. The van der Waals surface area contributed by atoms with Crippen LogP contribution in [0.15, 0.2) is 30.3 Å². The van der Waals surface area contributed by atoms with Crippen molar-refractivity contribution in [3.63, 3.8) is 0 Å². The van der Waals surface area contributed by atoms with E-state index in [-0.39, 0.29) is 25.0 Å². The summed E-state index contributed by atoms with van der Waals surface area (Å²) in [4.78, 5) is 39.0. The Morgan fingerprint density at radius 1 is 1.20 bits per heavy atom. The lowest BCUT2D eigenvalue weighted by Gasteiger charge is -2.33. The Bertz CT molecular complexity index is 711. The van der Waals surface area contributed by atoms with Crippen LogP contribution >= 0.6 is 0 Å². The average Bonchev–Trinajstić information content (AvgIpc) is 3.25. The maximum atomic E-state index is 13.2. The largest absolute Gasteiger partial charge is 0.464 e. The fraction of sp³-hybridized carbons (Fsp3) is 0.591. The summed E-state index contributed by atoms with van der Waals surface area (Å²) in [5, 5.41) is 13.0. The molecule has 1 aromatic carbocycles. The van der Waals surface area contributed by atoms with Crippen molar-refractivity contribution in [1.29, 1.82) is 0 Å². The van der Waals surface area contributed by atoms with Crippen LogP contribution in [0.2, 0.25) is 0 Å². The van der Waals surface area contributed by atoms with Gasteiger partial charge in [0.15, 0.2) is 6.10 Å². The number of hydrogen-bond acceptors (Lipinski definition) is 6. The van der Waals surface area contributed by atoms with Gasteiger partial charge in [-0.15, -0.1) is 0 Å². The van der Waals surface area contributed by atoms with Gasteiger partial charge in [0.25, 0.3) is 0 Å². The highest BCUT2D eigenvalue weighted by Gasteiger charge is 2.41. The minimum absolute atomic E-state index is 0.0992. The summed E-state index contributed by atoms with van der Waals surface area (Å²) >= 11 is 0. The molecule has 1 aliphatic rings. The molecule has 0 unspecified atom stereocenters. The lowest BCUT2D eigenvalue weighted by Crippen LogP contribution is -2.55. The molecule has 1 heterocycles.